The Bertz CT molecular complexity index is 1300. The van der Waals surface area contributed by atoms with Crippen LogP contribution in [0.3, 0.4) is 0 Å². The maximum absolute atomic E-state index is 13.1. The summed E-state index contributed by atoms with van der Waals surface area (Å²) in [7, 11) is 0. The molecule has 1 atom stereocenters. The van der Waals surface area contributed by atoms with Gasteiger partial charge in [0, 0.05) is 22.7 Å². The van der Waals surface area contributed by atoms with Crippen molar-refractivity contribution in [2.24, 2.45) is 0 Å². The standard InChI is InChI=1S/C24H25N3O3S/c1-3-15-8-7-10-17-19(12-25-22(15)17)21(29)14-31-24-26-20-11-6-5-9-18(20)23(30)27(24)16(4-2)13-28/h5-12,16,25,28H,3-4,13-14H2,1-2H3. The first-order valence-electron chi connectivity index (χ1n) is 10.5. The zero-order valence-corrected chi connectivity index (χ0v) is 18.4. The number of hydrogen-bond donors (Lipinski definition) is 2. The summed E-state index contributed by atoms with van der Waals surface area (Å²) >= 11 is 1.24. The van der Waals surface area contributed by atoms with Crippen LogP contribution in [0.15, 0.2) is 58.6 Å². The summed E-state index contributed by atoms with van der Waals surface area (Å²) in [6.45, 7) is 3.84. The smallest absolute Gasteiger partial charge is 0.262 e. The molecule has 2 aromatic heterocycles. The van der Waals surface area contributed by atoms with Crippen LogP contribution in [0.25, 0.3) is 21.8 Å². The van der Waals surface area contributed by atoms with Crippen molar-refractivity contribution >= 4 is 39.4 Å². The van der Waals surface area contributed by atoms with Crippen molar-refractivity contribution in [3.8, 4) is 0 Å². The summed E-state index contributed by atoms with van der Waals surface area (Å²) in [4.78, 5) is 34.1. The van der Waals surface area contributed by atoms with E-state index in [-0.39, 0.29) is 29.7 Å². The zero-order valence-electron chi connectivity index (χ0n) is 17.6. The van der Waals surface area contributed by atoms with Crippen molar-refractivity contribution in [1.82, 2.24) is 14.5 Å². The second-order valence-corrected chi connectivity index (χ2v) is 8.38. The number of carbonyl (C=O) groups excluding carboxylic acids is 1. The molecule has 0 aliphatic carbocycles. The summed E-state index contributed by atoms with van der Waals surface area (Å²) in [6, 6.07) is 12.7. The van der Waals surface area contributed by atoms with E-state index in [1.807, 2.05) is 25.1 Å². The van der Waals surface area contributed by atoms with Crippen LogP contribution in [-0.4, -0.2) is 37.8 Å². The second-order valence-electron chi connectivity index (χ2n) is 7.44. The minimum Gasteiger partial charge on any atom is -0.394 e. The van der Waals surface area contributed by atoms with Gasteiger partial charge >= 0.3 is 0 Å². The van der Waals surface area contributed by atoms with E-state index in [4.69, 9.17) is 0 Å². The second kappa shape index (κ2) is 9.08. The number of Topliss-reactive ketones (excluding diaryl/α,β-unsaturated/α-hetero) is 1. The van der Waals surface area contributed by atoms with E-state index in [1.54, 1.807) is 24.4 Å². The number of para-hydroxylation sites is 2. The van der Waals surface area contributed by atoms with Crippen LogP contribution in [0.4, 0.5) is 0 Å². The highest BCUT2D eigenvalue weighted by atomic mass is 32.2. The van der Waals surface area contributed by atoms with Gasteiger partial charge in [-0.05, 0) is 30.5 Å². The number of aromatic amines is 1. The van der Waals surface area contributed by atoms with Crippen LogP contribution in [-0.2, 0) is 6.42 Å². The molecule has 0 saturated carbocycles. The van der Waals surface area contributed by atoms with Gasteiger partial charge in [0.25, 0.3) is 5.56 Å². The number of nitrogens with one attached hydrogen (secondary N) is 1. The predicted octanol–water partition coefficient (Wildman–Crippen LogP) is 4.36. The van der Waals surface area contributed by atoms with Gasteiger partial charge in [-0.25, -0.2) is 4.98 Å². The van der Waals surface area contributed by atoms with Crippen LogP contribution in [0.1, 0.15) is 42.2 Å². The molecule has 2 N–H and O–H groups in total. The van der Waals surface area contributed by atoms with Crippen molar-refractivity contribution < 1.29 is 9.90 Å². The van der Waals surface area contributed by atoms with Crippen molar-refractivity contribution in [3.05, 3.63) is 70.1 Å². The lowest BCUT2D eigenvalue weighted by Crippen LogP contribution is -2.29. The Morgan fingerprint density at radius 1 is 1.16 bits per heavy atom. The summed E-state index contributed by atoms with van der Waals surface area (Å²) in [5.41, 5.74) is 3.20. The molecule has 7 heteroatoms. The summed E-state index contributed by atoms with van der Waals surface area (Å²) in [5.74, 6) is 0.117. The van der Waals surface area contributed by atoms with Gasteiger partial charge in [-0.3, -0.25) is 14.2 Å². The molecular formula is C24H25N3O3S. The average molecular weight is 436 g/mol. The van der Waals surface area contributed by atoms with Gasteiger partial charge in [-0.15, -0.1) is 0 Å². The fourth-order valence-corrected chi connectivity index (χ4v) is 4.84. The first kappa shape index (κ1) is 21.3. The Labute approximate surface area is 184 Å². The van der Waals surface area contributed by atoms with Gasteiger partial charge < -0.3 is 10.1 Å². The van der Waals surface area contributed by atoms with Crippen LogP contribution in [0, 0.1) is 0 Å². The number of hydrogen-bond acceptors (Lipinski definition) is 5. The first-order valence-corrected chi connectivity index (χ1v) is 11.4. The van der Waals surface area contributed by atoms with Crippen LogP contribution in [0.2, 0.25) is 0 Å². The number of aliphatic hydroxyl groups excluding tert-OH is 1. The van der Waals surface area contributed by atoms with E-state index in [0.29, 0.717) is 28.0 Å². The predicted molar refractivity (Wildman–Crippen MR) is 125 cm³/mol. The number of nitrogens with zero attached hydrogens (tertiary/aromatic N) is 2. The molecule has 0 spiro atoms. The molecule has 0 aliphatic rings. The van der Waals surface area contributed by atoms with Crippen LogP contribution < -0.4 is 5.56 Å². The molecule has 4 aromatic rings. The number of fused-ring (bicyclic) bond motifs is 2. The van der Waals surface area contributed by atoms with Crippen molar-refractivity contribution in [2.45, 2.75) is 37.9 Å². The monoisotopic (exact) mass is 435 g/mol. The molecular weight excluding hydrogens is 410 g/mol. The summed E-state index contributed by atoms with van der Waals surface area (Å²) < 4.78 is 1.53. The molecule has 2 aromatic carbocycles. The Hall–Kier alpha value is -2.90. The number of thioether (sulfide) groups is 1. The molecule has 6 nitrogen and oxygen atoms in total. The molecule has 2 heterocycles. The lowest BCUT2D eigenvalue weighted by Gasteiger charge is -2.19. The van der Waals surface area contributed by atoms with Gasteiger partial charge in [0.15, 0.2) is 10.9 Å². The topological polar surface area (TPSA) is 88.0 Å². The normalized spacial score (nSPS) is 12.5. The largest absolute Gasteiger partial charge is 0.394 e. The van der Waals surface area contributed by atoms with Gasteiger partial charge in [0.05, 0.1) is 29.3 Å². The van der Waals surface area contributed by atoms with E-state index in [9.17, 15) is 14.7 Å². The lowest BCUT2D eigenvalue weighted by molar-refractivity contribution is 0.102. The Morgan fingerprint density at radius 2 is 1.94 bits per heavy atom. The third-order valence-corrected chi connectivity index (χ3v) is 6.59. The van der Waals surface area contributed by atoms with Gasteiger partial charge in [-0.1, -0.05) is 55.9 Å². The van der Waals surface area contributed by atoms with Crippen molar-refractivity contribution in [1.29, 1.82) is 0 Å². The number of carbonyl (C=O) groups is 1. The maximum Gasteiger partial charge on any atom is 0.262 e. The maximum atomic E-state index is 13.1. The van der Waals surface area contributed by atoms with Crippen molar-refractivity contribution in [3.63, 3.8) is 0 Å². The van der Waals surface area contributed by atoms with Gasteiger partial charge in [0.1, 0.15) is 0 Å². The highest BCUT2D eigenvalue weighted by molar-refractivity contribution is 7.99. The molecule has 31 heavy (non-hydrogen) atoms. The SMILES string of the molecule is CCc1cccc2c(C(=O)CSc3nc4ccccc4c(=O)n3C(CC)CO)c[nH]c12. The van der Waals surface area contributed by atoms with Crippen LogP contribution >= 0.6 is 11.8 Å². The van der Waals surface area contributed by atoms with Gasteiger partial charge in [0.2, 0.25) is 0 Å². The first-order chi connectivity index (χ1) is 15.1. The molecule has 4 rings (SSSR count). The molecule has 0 bridgehead atoms. The van der Waals surface area contributed by atoms with Crippen molar-refractivity contribution in [2.75, 3.05) is 12.4 Å². The molecule has 0 aliphatic heterocycles. The van der Waals surface area contributed by atoms with E-state index >= 15 is 0 Å². The highest BCUT2D eigenvalue weighted by Crippen LogP contribution is 2.26. The molecule has 0 amide bonds. The average Bonchev–Trinajstić information content (AvgIpc) is 3.24. The molecule has 0 saturated heterocycles. The minimum atomic E-state index is -0.387. The number of rotatable bonds is 8. The summed E-state index contributed by atoms with van der Waals surface area (Å²) in [6.07, 6.45) is 3.23. The van der Waals surface area contributed by atoms with Crippen LogP contribution in [0.5, 0.6) is 0 Å². The highest BCUT2D eigenvalue weighted by Gasteiger charge is 2.20. The summed E-state index contributed by atoms with van der Waals surface area (Å²) in [5, 5.41) is 11.7. The Kier molecular flexibility index (Phi) is 6.25. The van der Waals surface area contributed by atoms with E-state index in [0.717, 1.165) is 17.3 Å². The third kappa shape index (κ3) is 3.91. The quantitative estimate of drug-likeness (QED) is 0.244. The third-order valence-electron chi connectivity index (χ3n) is 5.64. The number of aliphatic hydroxyl groups is 1. The Balaban J connectivity index is 1.70. The fourth-order valence-electron chi connectivity index (χ4n) is 3.89. The number of H-pyrrole nitrogens is 1. The fraction of sp³-hybridized carbons (Fsp3) is 0.292. The zero-order chi connectivity index (χ0) is 22.0. The lowest BCUT2D eigenvalue weighted by atomic mass is 10.1. The number of ketones is 1. The van der Waals surface area contributed by atoms with E-state index < -0.39 is 0 Å². The molecule has 1 unspecified atom stereocenters. The number of benzene rings is 2. The Morgan fingerprint density at radius 3 is 2.68 bits per heavy atom. The molecule has 0 radical (unpaired) electrons. The minimum absolute atomic E-state index is 0.0319. The molecule has 0 fully saturated rings. The number of aromatic nitrogens is 3. The van der Waals surface area contributed by atoms with E-state index in [1.165, 1.54) is 21.9 Å². The van der Waals surface area contributed by atoms with E-state index in [2.05, 4.69) is 23.0 Å². The van der Waals surface area contributed by atoms with Gasteiger partial charge in [-0.2, -0.15) is 0 Å². The number of aryl methyl sites for hydroxylation is 1. The molecule has 160 valence electrons.